The fraction of sp³-hybridized carbons (Fsp3) is 0.143. The molecule has 9 heteroatoms. The molecule has 1 heterocycles. The Morgan fingerprint density at radius 3 is 2.40 bits per heavy atom. The average molecular weight is 442 g/mol. The van der Waals surface area contributed by atoms with E-state index in [0.717, 1.165) is 16.0 Å². The Morgan fingerprint density at radius 2 is 1.77 bits per heavy atom. The molecule has 0 unspecified atom stereocenters. The molecule has 0 aliphatic heterocycles. The molecule has 30 heavy (non-hydrogen) atoms. The van der Waals surface area contributed by atoms with Crippen LogP contribution in [-0.4, -0.2) is 23.1 Å². The molecule has 0 amide bonds. The normalized spacial score (nSPS) is 10.4. The molecule has 1 aromatic heterocycles. The number of methoxy groups -OCH3 is 1. The molecule has 0 bridgehead atoms. The second kappa shape index (κ2) is 9.02. The molecule has 0 aliphatic rings. The highest BCUT2D eigenvalue weighted by molar-refractivity contribution is 7.80. The minimum atomic E-state index is -0.420. The van der Waals surface area contributed by atoms with Crippen LogP contribution < -0.4 is 10.6 Å². The van der Waals surface area contributed by atoms with Crippen LogP contribution >= 0.6 is 23.6 Å². The molecule has 0 atom stereocenters. The predicted octanol–water partition coefficient (Wildman–Crippen LogP) is 5.54. The van der Waals surface area contributed by atoms with E-state index in [0.29, 0.717) is 26.9 Å². The number of hydrogen-bond acceptors (Lipinski definition) is 6. The summed E-state index contributed by atoms with van der Waals surface area (Å²) in [6.07, 6.45) is 0. The highest BCUT2D eigenvalue weighted by atomic mass is 32.1. The summed E-state index contributed by atoms with van der Waals surface area (Å²) in [6.45, 7) is 3.79. The third kappa shape index (κ3) is 4.47. The van der Waals surface area contributed by atoms with E-state index in [4.69, 9.17) is 17.0 Å². The van der Waals surface area contributed by atoms with Crippen LogP contribution in [0, 0.1) is 24.0 Å². The molecule has 0 spiro atoms. The molecule has 3 rings (SSSR count). The monoisotopic (exact) mass is 441 g/mol. The van der Waals surface area contributed by atoms with Crippen LogP contribution in [0.5, 0.6) is 0 Å². The summed E-state index contributed by atoms with van der Waals surface area (Å²) >= 11 is 6.80. The second-order valence-electron chi connectivity index (χ2n) is 6.41. The number of thiocarbonyl (C=S) groups is 1. The number of nitro benzene ring substituents is 1. The average Bonchev–Trinajstić information content (AvgIpc) is 3.01. The molecule has 154 valence electrons. The Hall–Kier alpha value is -3.30. The Morgan fingerprint density at radius 1 is 1.10 bits per heavy atom. The van der Waals surface area contributed by atoms with Gasteiger partial charge in [0.15, 0.2) is 5.11 Å². The molecule has 0 radical (unpaired) electrons. The summed E-state index contributed by atoms with van der Waals surface area (Å²) in [6, 6.07) is 13.7. The first-order valence-corrected chi connectivity index (χ1v) is 10.1. The minimum Gasteiger partial charge on any atom is -0.465 e. The van der Waals surface area contributed by atoms with Crippen LogP contribution in [0.1, 0.15) is 20.8 Å². The quantitative estimate of drug-likeness (QED) is 0.232. The molecule has 7 nitrogen and oxygen atoms in total. The number of para-hydroxylation sites is 1. The number of nitrogens with one attached hydrogen (secondary N) is 2. The first-order valence-electron chi connectivity index (χ1n) is 8.92. The van der Waals surface area contributed by atoms with Gasteiger partial charge < -0.3 is 15.4 Å². The van der Waals surface area contributed by atoms with Crippen molar-refractivity contribution >= 4 is 51.0 Å². The van der Waals surface area contributed by atoms with Crippen molar-refractivity contribution in [3.63, 3.8) is 0 Å². The number of carbonyl (C=O) groups excluding carboxylic acids is 1. The van der Waals surface area contributed by atoms with E-state index < -0.39 is 10.9 Å². The van der Waals surface area contributed by atoms with Crippen molar-refractivity contribution in [1.29, 1.82) is 0 Å². The molecule has 2 aromatic carbocycles. The van der Waals surface area contributed by atoms with Crippen molar-refractivity contribution < 1.29 is 14.5 Å². The summed E-state index contributed by atoms with van der Waals surface area (Å²) < 4.78 is 4.87. The first-order chi connectivity index (χ1) is 14.3. The molecule has 2 N–H and O–H groups in total. The number of anilines is 2. The molecular weight excluding hydrogens is 422 g/mol. The predicted molar refractivity (Wildman–Crippen MR) is 124 cm³/mol. The van der Waals surface area contributed by atoms with Gasteiger partial charge in [0.05, 0.1) is 23.2 Å². The van der Waals surface area contributed by atoms with E-state index in [1.165, 1.54) is 24.5 Å². The summed E-state index contributed by atoms with van der Waals surface area (Å²) in [5.74, 6) is -0.420. The number of ether oxygens (including phenoxy) is 1. The van der Waals surface area contributed by atoms with Crippen LogP contribution in [0.2, 0.25) is 0 Å². The van der Waals surface area contributed by atoms with Crippen LogP contribution in [0.15, 0.2) is 48.5 Å². The highest BCUT2D eigenvalue weighted by Gasteiger charge is 2.21. The lowest BCUT2D eigenvalue weighted by molar-refractivity contribution is -0.384. The van der Waals surface area contributed by atoms with Gasteiger partial charge in [-0.25, -0.2) is 4.79 Å². The maximum absolute atomic E-state index is 12.1. The van der Waals surface area contributed by atoms with Gasteiger partial charge in [0.2, 0.25) is 0 Å². The van der Waals surface area contributed by atoms with Crippen molar-refractivity contribution in [2.24, 2.45) is 0 Å². The maximum Gasteiger partial charge on any atom is 0.341 e. The molecule has 3 aromatic rings. The highest BCUT2D eigenvalue weighted by Crippen LogP contribution is 2.33. The molecule has 0 fully saturated rings. The first kappa shape index (κ1) is 21.4. The van der Waals surface area contributed by atoms with Gasteiger partial charge in [-0.15, -0.1) is 11.3 Å². The third-order valence-electron chi connectivity index (χ3n) is 4.56. The fourth-order valence-electron chi connectivity index (χ4n) is 2.94. The van der Waals surface area contributed by atoms with Gasteiger partial charge in [0, 0.05) is 16.6 Å². The summed E-state index contributed by atoms with van der Waals surface area (Å²) in [7, 11) is 1.34. The number of nitro groups is 1. The summed E-state index contributed by atoms with van der Waals surface area (Å²) in [5.41, 5.74) is 3.35. The Kier molecular flexibility index (Phi) is 6.43. The number of hydrogen-bond donors (Lipinski definition) is 2. The number of rotatable bonds is 5. The van der Waals surface area contributed by atoms with Gasteiger partial charge in [-0.3, -0.25) is 10.1 Å². The molecule has 0 aliphatic carbocycles. The van der Waals surface area contributed by atoms with Crippen molar-refractivity contribution in [3.05, 3.63) is 74.6 Å². The lowest BCUT2D eigenvalue weighted by atomic mass is 10.0. The zero-order valence-electron chi connectivity index (χ0n) is 16.5. The van der Waals surface area contributed by atoms with E-state index in [9.17, 15) is 14.9 Å². The summed E-state index contributed by atoms with van der Waals surface area (Å²) in [5, 5.41) is 18.3. The third-order valence-corrected chi connectivity index (χ3v) is 5.88. The lowest BCUT2D eigenvalue weighted by Gasteiger charge is -2.11. The van der Waals surface area contributed by atoms with Crippen LogP contribution in [0.3, 0.4) is 0 Å². The molecule has 0 saturated heterocycles. The smallest absolute Gasteiger partial charge is 0.341 e. The van der Waals surface area contributed by atoms with Crippen molar-refractivity contribution in [2.45, 2.75) is 13.8 Å². The van der Waals surface area contributed by atoms with Gasteiger partial charge in [-0.05, 0) is 55.4 Å². The van der Waals surface area contributed by atoms with Crippen LogP contribution in [-0.2, 0) is 4.74 Å². The number of nitrogens with zero attached hydrogens (tertiary/aromatic N) is 1. The van der Waals surface area contributed by atoms with Crippen molar-refractivity contribution in [3.8, 4) is 11.1 Å². The van der Waals surface area contributed by atoms with Gasteiger partial charge in [0.1, 0.15) is 5.00 Å². The van der Waals surface area contributed by atoms with E-state index in [1.54, 1.807) is 42.5 Å². The minimum absolute atomic E-state index is 0.0502. The second-order valence-corrected chi connectivity index (χ2v) is 8.04. The van der Waals surface area contributed by atoms with E-state index in [-0.39, 0.29) is 5.69 Å². The topological polar surface area (TPSA) is 93.5 Å². The number of esters is 1. The zero-order valence-corrected chi connectivity index (χ0v) is 18.1. The largest absolute Gasteiger partial charge is 0.465 e. The maximum atomic E-state index is 12.1. The summed E-state index contributed by atoms with van der Waals surface area (Å²) in [4.78, 5) is 23.9. The molecular formula is C21H19N3O4S2. The number of thiophene rings is 1. The van der Waals surface area contributed by atoms with E-state index >= 15 is 0 Å². The standard InChI is InChI=1S/C21H19N3O4S2/c1-12-13(2)30-19(18(12)20(25)28-3)23-21(29)22-15-10-8-14(9-11-15)16-6-4-5-7-17(16)24(26)27/h4-11H,1-3H3,(H2,22,23,29). The van der Waals surface area contributed by atoms with Crippen LogP contribution in [0.4, 0.5) is 16.4 Å². The number of benzene rings is 2. The number of aryl methyl sites for hydroxylation is 1. The Bertz CT molecular complexity index is 1120. The SMILES string of the molecule is COC(=O)c1c(NC(=S)Nc2ccc(-c3ccccc3[N+](=O)[O-])cc2)sc(C)c1C. The number of carbonyl (C=O) groups is 1. The van der Waals surface area contributed by atoms with Crippen LogP contribution in [0.25, 0.3) is 11.1 Å². The Labute approximate surface area is 182 Å². The fourth-order valence-corrected chi connectivity index (χ4v) is 4.28. The van der Waals surface area contributed by atoms with Crippen molar-refractivity contribution in [1.82, 2.24) is 0 Å². The molecule has 0 saturated carbocycles. The van der Waals surface area contributed by atoms with E-state index in [1.807, 2.05) is 13.8 Å². The van der Waals surface area contributed by atoms with Gasteiger partial charge >= 0.3 is 5.97 Å². The van der Waals surface area contributed by atoms with Gasteiger partial charge in [0.25, 0.3) is 5.69 Å². The van der Waals surface area contributed by atoms with E-state index in [2.05, 4.69) is 10.6 Å². The Balaban J connectivity index is 1.76. The van der Waals surface area contributed by atoms with Crippen molar-refractivity contribution in [2.75, 3.05) is 17.7 Å². The van der Waals surface area contributed by atoms with Gasteiger partial charge in [-0.1, -0.05) is 24.3 Å². The van der Waals surface area contributed by atoms with Gasteiger partial charge in [-0.2, -0.15) is 0 Å². The lowest BCUT2D eigenvalue weighted by Crippen LogP contribution is -2.20. The zero-order chi connectivity index (χ0) is 21.8.